The molecule has 1 saturated heterocycles. The zero-order valence-electron chi connectivity index (χ0n) is 21.1. The summed E-state index contributed by atoms with van der Waals surface area (Å²) in [4.78, 5) is 23.0. The van der Waals surface area contributed by atoms with Crippen molar-refractivity contribution in [3.63, 3.8) is 0 Å². The minimum absolute atomic E-state index is 0.123. The van der Waals surface area contributed by atoms with Crippen LogP contribution in [-0.4, -0.2) is 78.2 Å². The van der Waals surface area contributed by atoms with Crippen molar-refractivity contribution >= 4 is 21.1 Å². The molecule has 1 fully saturated rings. The fourth-order valence-electron chi connectivity index (χ4n) is 4.66. The summed E-state index contributed by atoms with van der Waals surface area (Å²) in [6.07, 6.45) is 2.62. The van der Waals surface area contributed by atoms with E-state index >= 15 is 0 Å². The van der Waals surface area contributed by atoms with Crippen LogP contribution in [0.25, 0.3) is 22.4 Å². The number of sulfonamides is 1. The number of aromatic nitrogens is 3. The maximum Gasteiger partial charge on any atom is 0.275 e. The second-order valence-electron chi connectivity index (χ2n) is 8.77. The molecule has 1 N–H and O–H groups in total. The third-order valence-electron chi connectivity index (χ3n) is 6.64. The molecule has 36 heavy (non-hydrogen) atoms. The van der Waals surface area contributed by atoms with Gasteiger partial charge in [0.25, 0.3) is 5.56 Å². The predicted molar refractivity (Wildman–Crippen MR) is 138 cm³/mol. The molecule has 196 valence electrons. The number of likely N-dealkylation sites (N-methyl/N-ethyl adjacent to an activating group) is 1. The Balaban J connectivity index is 1.82. The fourth-order valence-corrected chi connectivity index (χ4v) is 6.11. The van der Waals surface area contributed by atoms with Gasteiger partial charge in [0.15, 0.2) is 0 Å². The molecule has 0 spiro atoms. The van der Waals surface area contributed by atoms with Crippen molar-refractivity contribution in [3.8, 4) is 17.1 Å². The number of rotatable bonds is 10. The molecule has 0 amide bonds. The van der Waals surface area contributed by atoms with Crippen molar-refractivity contribution in [3.05, 3.63) is 40.3 Å². The average molecular weight is 520 g/mol. The van der Waals surface area contributed by atoms with Crippen LogP contribution in [0, 0.1) is 0 Å². The molecule has 2 aromatic heterocycles. The Labute approximate surface area is 210 Å². The Hall–Kier alpha value is -2.76. The van der Waals surface area contributed by atoms with E-state index in [0.29, 0.717) is 74.5 Å². The minimum atomic E-state index is -3.74. The fraction of sp³-hybridized carbons (Fsp3) is 0.520. The highest BCUT2D eigenvalue weighted by Crippen LogP contribution is 2.32. The van der Waals surface area contributed by atoms with Crippen LogP contribution < -0.4 is 10.3 Å². The van der Waals surface area contributed by atoms with Crippen LogP contribution in [-0.2, 0) is 23.0 Å². The van der Waals surface area contributed by atoms with E-state index in [-0.39, 0.29) is 16.3 Å². The summed E-state index contributed by atoms with van der Waals surface area (Å²) in [5.41, 5.74) is 1.76. The molecule has 1 aliphatic rings. The van der Waals surface area contributed by atoms with Gasteiger partial charge in [-0.1, -0.05) is 6.92 Å². The topological polar surface area (TPSA) is 101 Å². The van der Waals surface area contributed by atoms with E-state index in [1.807, 2.05) is 20.0 Å². The van der Waals surface area contributed by atoms with E-state index in [0.717, 1.165) is 12.1 Å². The van der Waals surface area contributed by atoms with Crippen molar-refractivity contribution in [2.45, 2.75) is 45.1 Å². The highest BCUT2D eigenvalue weighted by Gasteiger charge is 2.29. The molecule has 0 aliphatic carbocycles. The van der Waals surface area contributed by atoms with E-state index in [9.17, 15) is 17.6 Å². The average Bonchev–Trinajstić information content (AvgIpc) is 3.26. The molecule has 4 rings (SSSR count). The Kier molecular flexibility index (Phi) is 8.11. The van der Waals surface area contributed by atoms with Gasteiger partial charge in [-0.2, -0.15) is 4.31 Å². The van der Waals surface area contributed by atoms with E-state index in [2.05, 4.69) is 16.8 Å². The zero-order valence-corrected chi connectivity index (χ0v) is 21.9. The Morgan fingerprint density at radius 2 is 1.86 bits per heavy atom. The summed E-state index contributed by atoms with van der Waals surface area (Å²) in [5.74, 6) is 0.647. The van der Waals surface area contributed by atoms with Crippen LogP contribution in [0.5, 0.6) is 5.75 Å². The van der Waals surface area contributed by atoms with Crippen LogP contribution in [0.1, 0.15) is 32.8 Å². The number of fused-ring (bicyclic) bond motifs is 1. The quantitative estimate of drug-likeness (QED) is 0.442. The first-order valence-electron chi connectivity index (χ1n) is 12.5. The van der Waals surface area contributed by atoms with Gasteiger partial charge < -0.3 is 19.2 Å². The van der Waals surface area contributed by atoms with Crippen molar-refractivity contribution < 1.29 is 17.5 Å². The lowest BCUT2D eigenvalue weighted by atomic mass is 10.1. The second-order valence-corrected chi connectivity index (χ2v) is 10.7. The number of H-pyrrole nitrogens is 1. The summed E-state index contributed by atoms with van der Waals surface area (Å²) in [5, 5.41) is 0. The molecule has 0 saturated carbocycles. The number of nitrogens with one attached hydrogen (secondary N) is 1. The number of aromatic amines is 1. The molecule has 9 nitrogen and oxygen atoms in total. The summed E-state index contributed by atoms with van der Waals surface area (Å²) in [7, 11) is -3.74. The smallest absolute Gasteiger partial charge is 0.275 e. The summed E-state index contributed by atoms with van der Waals surface area (Å²) >= 11 is 0. The molecule has 0 atom stereocenters. The van der Waals surface area contributed by atoms with Crippen LogP contribution >= 0.6 is 0 Å². The normalized spacial score (nSPS) is 15.6. The van der Waals surface area contributed by atoms with Gasteiger partial charge in [-0.25, -0.2) is 13.4 Å². The van der Waals surface area contributed by atoms with Crippen molar-refractivity contribution in [2.24, 2.45) is 0 Å². The Morgan fingerprint density at radius 3 is 2.50 bits per heavy atom. The maximum absolute atomic E-state index is 13.5. The SMILES string of the molecule is CCOc1ccc(S(=O)(=O)N2CCN(CC)CC2)cc1-c1nc2c(CCCF)cn(CC)c2c(=O)[nH]1. The first kappa shape index (κ1) is 26.3. The van der Waals surface area contributed by atoms with Gasteiger partial charge in [0.05, 0.1) is 29.3 Å². The van der Waals surface area contributed by atoms with E-state index in [4.69, 9.17) is 9.72 Å². The predicted octanol–water partition coefficient (Wildman–Crippen LogP) is 3.04. The third-order valence-corrected chi connectivity index (χ3v) is 8.54. The van der Waals surface area contributed by atoms with Crippen molar-refractivity contribution in [1.29, 1.82) is 0 Å². The van der Waals surface area contributed by atoms with E-state index in [1.54, 1.807) is 10.6 Å². The van der Waals surface area contributed by atoms with Crippen LogP contribution in [0.2, 0.25) is 0 Å². The van der Waals surface area contributed by atoms with Gasteiger partial charge in [0.2, 0.25) is 10.0 Å². The number of piperazine rings is 1. The summed E-state index contributed by atoms with van der Waals surface area (Å²) < 4.78 is 48.9. The number of nitrogens with zero attached hydrogens (tertiary/aromatic N) is 4. The van der Waals surface area contributed by atoms with E-state index in [1.165, 1.54) is 16.4 Å². The maximum atomic E-state index is 13.5. The first-order valence-corrected chi connectivity index (χ1v) is 14.0. The Bertz CT molecular complexity index is 1380. The number of halogens is 1. The van der Waals surface area contributed by atoms with Gasteiger partial charge in [0, 0.05) is 38.9 Å². The lowest BCUT2D eigenvalue weighted by molar-refractivity contribution is 0.196. The van der Waals surface area contributed by atoms with Crippen LogP contribution in [0.3, 0.4) is 0 Å². The molecule has 11 heteroatoms. The van der Waals surface area contributed by atoms with Crippen LogP contribution in [0.4, 0.5) is 4.39 Å². The number of benzene rings is 1. The van der Waals surface area contributed by atoms with Crippen LogP contribution in [0.15, 0.2) is 34.1 Å². The van der Waals surface area contributed by atoms with Gasteiger partial charge >= 0.3 is 0 Å². The number of hydrogen-bond donors (Lipinski definition) is 1. The highest BCUT2D eigenvalue weighted by molar-refractivity contribution is 7.89. The number of alkyl halides is 1. The Morgan fingerprint density at radius 1 is 1.11 bits per heavy atom. The highest BCUT2D eigenvalue weighted by atomic mass is 32.2. The van der Waals surface area contributed by atoms with Gasteiger partial charge in [0.1, 0.15) is 17.1 Å². The molecule has 1 aromatic carbocycles. The molecule has 3 aromatic rings. The molecular weight excluding hydrogens is 485 g/mol. The molecule has 0 radical (unpaired) electrons. The number of hydrogen-bond acceptors (Lipinski definition) is 6. The van der Waals surface area contributed by atoms with E-state index < -0.39 is 16.7 Å². The first-order chi connectivity index (χ1) is 17.3. The number of aryl methyl sites for hydroxylation is 2. The molecule has 3 heterocycles. The van der Waals surface area contributed by atoms with Gasteiger partial charge in [-0.15, -0.1) is 0 Å². The van der Waals surface area contributed by atoms with Gasteiger partial charge in [-0.05, 0) is 57.0 Å². The zero-order chi connectivity index (χ0) is 25.9. The molecule has 0 unspecified atom stereocenters. The minimum Gasteiger partial charge on any atom is -0.493 e. The summed E-state index contributed by atoms with van der Waals surface area (Å²) in [6.45, 7) is 9.37. The second kappa shape index (κ2) is 11.1. The molecular formula is C25H34FN5O4S. The third kappa shape index (κ3) is 5.05. The van der Waals surface area contributed by atoms with Crippen molar-refractivity contribution in [1.82, 2.24) is 23.7 Å². The summed E-state index contributed by atoms with van der Waals surface area (Å²) in [6, 6.07) is 4.67. The largest absolute Gasteiger partial charge is 0.493 e. The lowest BCUT2D eigenvalue weighted by Crippen LogP contribution is -2.48. The lowest BCUT2D eigenvalue weighted by Gasteiger charge is -2.33. The monoisotopic (exact) mass is 519 g/mol. The number of ether oxygens (including phenoxy) is 1. The standard InChI is InChI=1S/C25H34FN5O4S/c1-4-29-12-14-31(15-13-29)36(33,34)19-9-10-21(35-6-3)20(16-19)24-27-22-18(8-7-11-26)17-30(5-2)23(22)25(32)28-24/h9-10,16-17H,4-8,11-15H2,1-3H3,(H,27,28,32). The van der Waals surface area contributed by atoms with Crippen molar-refractivity contribution in [2.75, 3.05) is 46.0 Å². The van der Waals surface area contributed by atoms with Gasteiger partial charge in [-0.3, -0.25) is 9.18 Å². The molecule has 0 bridgehead atoms. The molecule has 1 aliphatic heterocycles.